The Morgan fingerprint density at radius 1 is 1.12 bits per heavy atom. The summed E-state index contributed by atoms with van der Waals surface area (Å²) in [5.74, 6) is 8.03. The Hall–Kier alpha value is -2.74. The van der Waals surface area contributed by atoms with Gasteiger partial charge in [-0.05, 0) is 29.8 Å². The fourth-order valence-electron chi connectivity index (χ4n) is 2.38. The summed E-state index contributed by atoms with van der Waals surface area (Å²) < 4.78 is 25.8. The molecule has 0 radical (unpaired) electrons. The zero-order valence-electron chi connectivity index (χ0n) is 12.5. The SMILES string of the molecule is Nn1c(SCc2ccc3c(c2)OCO3)nnc1-c1ccccc1F. The first-order valence-corrected chi connectivity index (χ1v) is 8.17. The molecule has 1 aliphatic heterocycles. The van der Waals surface area contributed by atoms with Gasteiger partial charge in [-0.1, -0.05) is 30.0 Å². The number of nitrogen functional groups attached to an aromatic ring is 1. The third-order valence-electron chi connectivity index (χ3n) is 3.58. The summed E-state index contributed by atoms with van der Waals surface area (Å²) >= 11 is 1.41. The fraction of sp³-hybridized carbons (Fsp3) is 0.125. The largest absolute Gasteiger partial charge is 0.454 e. The van der Waals surface area contributed by atoms with Gasteiger partial charge in [-0.25, -0.2) is 9.07 Å². The number of halogens is 1. The molecule has 0 fully saturated rings. The summed E-state index contributed by atoms with van der Waals surface area (Å²) in [7, 11) is 0. The van der Waals surface area contributed by atoms with E-state index in [-0.39, 0.29) is 12.6 Å². The van der Waals surface area contributed by atoms with Crippen molar-refractivity contribution in [2.24, 2.45) is 0 Å². The van der Waals surface area contributed by atoms with Crippen molar-refractivity contribution in [1.82, 2.24) is 14.9 Å². The van der Waals surface area contributed by atoms with Crippen LogP contribution >= 0.6 is 11.8 Å². The van der Waals surface area contributed by atoms with Gasteiger partial charge in [-0.15, -0.1) is 10.2 Å². The highest BCUT2D eigenvalue weighted by atomic mass is 32.2. The van der Waals surface area contributed by atoms with Crippen LogP contribution < -0.4 is 15.3 Å². The third-order valence-corrected chi connectivity index (χ3v) is 4.60. The van der Waals surface area contributed by atoms with Crippen LogP contribution in [0, 0.1) is 5.82 Å². The molecule has 4 rings (SSSR count). The molecule has 0 unspecified atom stereocenters. The quantitative estimate of drug-likeness (QED) is 0.579. The molecule has 0 saturated heterocycles. The normalized spacial score (nSPS) is 12.5. The lowest BCUT2D eigenvalue weighted by Crippen LogP contribution is -2.12. The van der Waals surface area contributed by atoms with Crippen LogP contribution in [0.2, 0.25) is 0 Å². The lowest BCUT2D eigenvalue weighted by atomic mass is 10.2. The van der Waals surface area contributed by atoms with E-state index in [1.807, 2.05) is 18.2 Å². The molecular formula is C16H13FN4O2S. The Bertz CT molecular complexity index is 900. The fourth-order valence-corrected chi connectivity index (χ4v) is 3.18. The van der Waals surface area contributed by atoms with Crippen LogP contribution in [-0.4, -0.2) is 21.7 Å². The van der Waals surface area contributed by atoms with Crippen molar-refractivity contribution in [3.05, 3.63) is 53.8 Å². The van der Waals surface area contributed by atoms with Crippen LogP contribution in [-0.2, 0) is 5.75 Å². The molecule has 2 aromatic carbocycles. The monoisotopic (exact) mass is 344 g/mol. The minimum atomic E-state index is -0.385. The van der Waals surface area contributed by atoms with Gasteiger partial charge in [0.15, 0.2) is 17.3 Å². The van der Waals surface area contributed by atoms with E-state index in [1.54, 1.807) is 18.2 Å². The second-order valence-corrected chi connectivity index (χ2v) is 6.07. The van der Waals surface area contributed by atoms with Gasteiger partial charge in [0.2, 0.25) is 11.9 Å². The molecule has 6 nitrogen and oxygen atoms in total. The van der Waals surface area contributed by atoms with E-state index in [1.165, 1.54) is 22.5 Å². The number of rotatable bonds is 4. The van der Waals surface area contributed by atoms with Crippen LogP contribution in [0.1, 0.15) is 5.56 Å². The standard InChI is InChI=1S/C16H13FN4O2S/c17-12-4-2-1-3-11(12)15-19-20-16(21(15)18)24-8-10-5-6-13-14(7-10)23-9-22-13/h1-7H,8-9,18H2. The second-order valence-electron chi connectivity index (χ2n) is 5.13. The smallest absolute Gasteiger partial charge is 0.231 e. The molecule has 2 N–H and O–H groups in total. The lowest BCUT2D eigenvalue weighted by Gasteiger charge is -2.05. The highest BCUT2D eigenvalue weighted by molar-refractivity contribution is 7.98. The zero-order chi connectivity index (χ0) is 16.5. The minimum Gasteiger partial charge on any atom is -0.454 e. The van der Waals surface area contributed by atoms with E-state index in [2.05, 4.69) is 10.2 Å². The predicted octanol–water partition coefficient (Wildman–Crippen LogP) is 2.82. The summed E-state index contributed by atoms with van der Waals surface area (Å²) in [4.78, 5) is 0. The van der Waals surface area contributed by atoms with Gasteiger partial charge in [-0.3, -0.25) is 0 Å². The first kappa shape index (κ1) is 14.8. The predicted molar refractivity (Wildman–Crippen MR) is 87.7 cm³/mol. The van der Waals surface area contributed by atoms with Crippen molar-refractivity contribution in [2.75, 3.05) is 12.6 Å². The first-order valence-electron chi connectivity index (χ1n) is 7.19. The Morgan fingerprint density at radius 3 is 2.83 bits per heavy atom. The van der Waals surface area contributed by atoms with Crippen LogP contribution in [0.4, 0.5) is 4.39 Å². The molecule has 0 spiro atoms. The highest BCUT2D eigenvalue weighted by Crippen LogP contribution is 2.34. The van der Waals surface area contributed by atoms with Gasteiger partial charge in [0.1, 0.15) is 5.82 Å². The van der Waals surface area contributed by atoms with Crippen molar-refractivity contribution in [2.45, 2.75) is 10.9 Å². The maximum atomic E-state index is 13.9. The molecule has 122 valence electrons. The average molecular weight is 344 g/mol. The summed E-state index contributed by atoms with van der Waals surface area (Å²) in [6, 6.07) is 12.1. The van der Waals surface area contributed by atoms with Gasteiger partial charge in [0, 0.05) is 5.75 Å². The highest BCUT2D eigenvalue weighted by Gasteiger charge is 2.16. The summed E-state index contributed by atoms with van der Waals surface area (Å²) in [5, 5.41) is 8.55. The number of thioether (sulfide) groups is 1. The summed E-state index contributed by atoms with van der Waals surface area (Å²) in [5.41, 5.74) is 1.36. The van der Waals surface area contributed by atoms with E-state index >= 15 is 0 Å². The molecule has 0 amide bonds. The molecule has 1 aliphatic rings. The van der Waals surface area contributed by atoms with Crippen molar-refractivity contribution >= 4 is 11.8 Å². The number of ether oxygens (including phenoxy) is 2. The second kappa shape index (κ2) is 6.04. The maximum absolute atomic E-state index is 13.9. The average Bonchev–Trinajstić information content (AvgIpc) is 3.20. The number of hydrogen-bond donors (Lipinski definition) is 1. The zero-order valence-corrected chi connectivity index (χ0v) is 13.3. The van der Waals surface area contributed by atoms with E-state index in [0.29, 0.717) is 22.3 Å². The number of nitrogens with two attached hydrogens (primary N) is 1. The lowest BCUT2D eigenvalue weighted by molar-refractivity contribution is 0.174. The van der Waals surface area contributed by atoms with Gasteiger partial charge < -0.3 is 15.3 Å². The maximum Gasteiger partial charge on any atom is 0.231 e. The summed E-state index contributed by atoms with van der Waals surface area (Å²) in [6.45, 7) is 0.245. The number of nitrogens with zero attached hydrogens (tertiary/aromatic N) is 3. The molecule has 0 bridgehead atoms. The topological polar surface area (TPSA) is 75.2 Å². The van der Waals surface area contributed by atoms with Crippen LogP contribution in [0.3, 0.4) is 0 Å². The van der Waals surface area contributed by atoms with Crippen molar-refractivity contribution < 1.29 is 13.9 Å². The van der Waals surface area contributed by atoms with Crippen molar-refractivity contribution in [1.29, 1.82) is 0 Å². The van der Waals surface area contributed by atoms with Gasteiger partial charge in [0.25, 0.3) is 0 Å². The molecule has 1 aromatic heterocycles. The molecular weight excluding hydrogens is 331 g/mol. The van der Waals surface area contributed by atoms with Gasteiger partial charge in [-0.2, -0.15) is 0 Å². The molecule has 0 atom stereocenters. The third kappa shape index (κ3) is 2.65. The van der Waals surface area contributed by atoms with E-state index in [0.717, 1.165) is 17.1 Å². The number of aromatic nitrogens is 3. The van der Waals surface area contributed by atoms with E-state index in [9.17, 15) is 4.39 Å². The van der Waals surface area contributed by atoms with E-state index in [4.69, 9.17) is 15.3 Å². The minimum absolute atomic E-state index is 0.245. The number of benzene rings is 2. The summed E-state index contributed by atoms with van der Waals surface area (Å²) in [6.07, 6.45) is 0. The van der Waals surface area contributed by atoms with Crippen LogP contribution in [0.25, 0.3) is 11.4 Å². The van der Waals surface area contributed by atoms with Gasteiger partial charge in [0.05, 0.1) is 5.56 Å². The molecule has 0 aliphatic carbocycles. The van der Waals surface area contributed by atoms with Crippen LogP contribution in [0.15, 0.2) is 47.6 Å². The molecule has 8 heteroatoms. The Labute approximate surface area is 141 Å². The van der Waals surface area contributed by atoms with Crippen molar-refractivity contribution in [3.8, 4) is 22.9 Å². The molecule has 24 heavy (non-hydrogen) atoms. The van der Waals surface area contributed by atoms with Crippen molar-refractivity contribution in [3.63, 3.8) is 0 Å². The van der Waals surface area contributed by atoms with Crippen LogP contribution in [0.5, 0.6) is 11.5 Å². The Kier molecular flexibility index (Phi) is 3.73. The Morgan fingerprint density at radius 2 is 1.96 bits per heavy atom. The number of hydrogen-bond acceptors (Lipinski definition) is 6. The first-order chi connectivity index (χ1) is 11.7. The molecule has 3 aromatic rings. The van der Waals surface area contributed by atoms with E-state index < -0.39 is 0 Å². The molecule has 0 saturated carbocycles. The molecule has 2 heterocycles. The van der Waals surface area contributed by atoms with Gasteiger partial charge >= 0.3 is 0 Å². The Balaban J connectivity index is 1.53. The number of fused-ring (bicyclic) bond motifs is 1.